The van der Waals surface area contributed by atoms with Crippen molar-refractivity contribution in [2.24, 2.45) is 17.6 Å². The lowest BCUT2D eigenvalue weighted by Crippen LogP contribution is -2.38. The van der Waals surface area contributed by atoms with Crippen LogP contribution in [-0.4, -0.2) is 34.0 Å². The van der Waals surface area contributed by atoms with Gasteiger partial charge in [-0.05, 0) is 12.3 Å². The summed E-state index contributed by atoms with van der Waals surface area (Å²) >= 11 is 0. The molecule has 1 heterocycles. The second kappa shape index (κ2) is 7.01. The van der Waals surface area contributed by atoms with Gasteiger partial charge in [-0.25, -0.2) is 0 Å². The minimum atomic E-state index is -0.0960. The van der Waals surface area contributed by atoms with Crippen molar-refractivity contribution in [3.8, 4) is 0 Å². The van der Waals surface area contributed by atoms with Gasteiger partial charge < -0.3 is 11.1 Å². The van der Waals surface area contributed by atoms with E-state index in [-0.39, 0.29) is 17.7 Å². The lowest BCUT2D eigenvalue weighted by atomic mass is 9.95. The third-order valence-corrected chi connectivity index (χ3v) is 2.73. The first kappa shape index (κ1) is 13.6. The van der Waals surface area contributed by atoms with Gasteiger partial charge in [0.15, 0.2) is 0 Å². The van der Waals surface area contributed by atoms with E-state index in [9.17, 15) is 4.79 Å². The largest absolute Gasteiger partial charge is 0.356 e. The van der Waals surface area contributed by atoms with Crippen molar-refractivity contribution in [1.82, 2.24) is 20.3 Å². The van der Waals surface area contributed by atoms with E-state index < -0.39 is 0 Å². The third-order valence-electron chi connectivity index (χ3n) is 2.73. The molecular formula is C11H21N5O. The number of nitrogens with two attached hydrogens (primary N) is 1. The van der Waals surface area contributed by atoms with Crippen LogP contribution in [0.5, 0.6) is 0 Å². The standard InChI is InChI=1S/C11H21N5O/c1-9(2)10(8-12)11(17)13-4-3-6-16-7-5-14-15-16/h5,7,9-10H,3-4,6,8,12H2,1-2H3,(H,13,17). The van der Waals surface area contributed by atoms with Crippen molar-refractivity contribution in [3.05, 3.63) is 12.4 Å². The number of carbonyl (C=O) groups is 1. The van der Waals surface area contributed by atoms with Gasteiger partial charge in [0.05, 0.1) is 12.1 Å². The van der Waals surface area contributed by atoms with Crippen LogP contribution in [0.3, 0.4) is 0 Å². The summed E-state index contributed by atoms with van der Waals surface area (Å²) in [5.74, 6) is 0.220. The fourth-order valence-corrected chi connectivity index (χ4v) is 1.62. The maximum atomic E-state index is 11.8. The van der Waals surface area contributed by atoms with Crippen molar-refractivity contribution in [1.29, 1.82) is 0 Å². The second-order valence-corrected chi connectivity index (χ2v) is 4.40. The van der Waals surface area contributed by atoms with E-state index in [4.69, 9.17) is 5.73 Å². The number of amides is 1. The molecule has 1 aromatic rings. The molecule has 0 bridgehead atoms. The van der Waals surface area contributed by atoms with E-state index in [1.165, 1.54) is 0 Å². The zero-order valence-electron chi connectivity index (χ0n) is 10.5. The maximum Gasteiger partial charge on any atom is 0.224 e. The first-order chi connectivity index (χ1) is 8.15. The quantitative estimate of drug-likeness (QED) is 0.657. The Labute approximate surface area is 102 Å². The van der Waals surface area contributed by atoms with Crippen LogP contribution >= 0.6 is 0 Å². The van der Waals surface area contributed by atoms with Crippen molar-refractivity contribution in [2.45, 2.75) is 26.8 Å². The minimum absolute atomic E-state index is 0.0427. The summed E-state index contributed by atoms with van der Waals surface area (Å²) in [4.78, 5) is 11.8. The van der Waals surface area contributed by atoms with Crippen molar-refractivity contribution >= 4 is 5.91 Å². The number of nitrogens with zero attached hydrogens (tertiary/aromatic N) is 3. The summed E-state index contributed by atoms with van der Waals surface area (Å²) in [6.45, 7) is 5.81. The summed E-state index contributed by atoms with van der Waals surface area (Å²) in [6, 6.07) is 0. The average molecular weight is 239 g/mol. The lowest BCUT2D eigenvalue weighted by molar-refractivity contribution is -0.125. The lowest BCUT2D eigenvalue weighted by Gasteiger charge is -2.18. The molecule has 0 aliphatic heterocycles. The van der Waals surface area contributed by atoms with Gasteiger partial charge in [0, 0.05) is 25.8 Å². The van der Waals surface area contributed by atoms with Crippen LogP contribution in [0, 0.1) is 11.8 Å². The number of rotatable bonds is 7. The van der Waals surface area contributed by atoms with Gasteiger partial charge in [0.2, 0.25) is 5.91 Å². The van der Waals surface area contributed by atoms with Crippen LogP contribution in [0.15, 0.2) is 12.4 Å². The molecule has 0 spiro atoms. The summed E-state index contributed by atoms with van der Waals surface area (Å²) in [6.07, 6.45) is 4.28. The van der Waals surface area contributed by atoms with Crippen LogP contribution in [0.1, 0.15) is 20.3 Å². The molecule has 0 radical (unpaired) electrons. The number of nitrogens with one attached hydrogen (secondary N) is 1. The number of hydrogen-bond donors (Lipinski definition) is 2. The molecular weight excluding hydrogens is 218 g/mol. The zero-order valence-corrected chi connectivity index (χ0v) is 10.5. The van der Waals surface area contributed by atoms with Gasteiger partial charge in [-0.3, -0.25) is 9.48 Å². The van der Waals surface area contributed by atoms with E-state index in [2.05, 4.69) is 15.6 Å². The Bertz CT molecular complexity index is 323. The van der Waals surface area contributed by atoms with E-state index in [1.807, 2.05) is 13.8 Å². The van der Waals surface area contributed by atoms with Gasteiger partial charge in [0.1, 0.15) is 0 Å². The molecule has 0 fully saturated rings. The highest BCUT2D eigenvalue weighted by Gasteiger charge is 2.19. The third kappa shape index (κ3) is 4.52. The highest BCUT2D eigenvalue weighted by Crippen LogP contribution is 2.08. The number of aryl methyl sites for hydroxylation is 1. The maximum absolute atomic E-state index is 11.8. The molecule has 17 heavy (non-hydrogen) atoms. The van der Waals surface area contributed by atoms with E-state index in [0.717, 1.165) is 13.0 Å². The molecule has 0 saturated heterocycles. The molecule has 1 amide bonds. The Morgan fingerprint density at radius 3 is 2.82 bits per heavy atom. The number of aromatic nitrogens is 3. The van der Waals surface area contributed by atoms with Gasteiger partial charge in [-0.15, -0.1) is 5.10 Å². The predicted molar refractivity (Wildman–Crippen MR) is 65.0 cm³/mol. The van der Waals surface area contributed by atoms with Gasteiger partial charge in [-0.1, -0.05) is 19.1 Å². The van der Waals surface area contributed by atoms with Gasteiger partial charge in [0.25, 0.3) is 0 Å². The summed E-state index contributed by atoms with van der Waals surface area (Å²) < 4.78 is 1.75. The molecule has 0 aromatic carbocycles. The molecule has 96 valence electrons. The van der Waals surface area contributed by atoms with Crippen molar-refractivity contribution < 1.29 is 4.79 Å². The Kier molecular flexibility index (Phi) is 5.62. The first-order valence-electron chi connectivity index (χ1n) is 5.97. The SMILES string of the molecule is CC(C)C(CN)C(=O)NCCCn1ccnn1. The highest BCUT2D eigenvalue weighted by molar-refractivity contribution is 5.79. The van der Waals surface area contributed by atoms with Crippen LogP contribution in [0.25, 0.3) is 0 Å². The van der Waals surface area contributed by atoms with Crippen molar-refractivity contribution in [3.63, 3.8) is 0 Å². The first-order valence-corrected chi connectivity index (χ1v) is 5.97. The molecule has 1 rings (SSSR count). The molecule has 1 aromatic heterocycles. The Morgan fingerprint density at radius 2 is 2.29 bits per heavy atom. The highest BCUT2D eigenvalue weighted by atomic mass is 16.1. The average Bonchev–Trinajstić information content (AvgIpc) is 2.77. The van der Waals surface area contributed by atoms with E-state index in [1.54, 1.807) is 17.1 Å². The van der Waals surface area contributed by atoms with E-state index in [0.29, 0.717) is 13.1 Å². The van der Waals surface area contributed by atoms with Crippen LogP contribution in [-0.2, 0) is 11.3 Å². The van der Waals surface area contributed by atoms with Crippen molar-refractivity contribution in [2.75, 3.05) is 13.1 Å². The van der Waals surface area contributed by atoms with E-state index >= 15 is 0 Å². The molecule has 0 saturated carbocycles. The zero-order chi connectivity index (χ0) is 12.7. The number of carbonyl (C=O) groups excluding carboxylic acids is 1. The second-order valence-electron chi connectivity index (χ2n) is 4.40. The van der Waals surface area contributed by atoms with Crippen LogP contribution in [0.2, 0.25) is 0 Å². The summed E-state index contributed by atoms with van der Waals surface area (Å²) in [5.41, 5.74) is 5.57. The molecule has 0 aliphatic carbocycles. The summed E-state index contributed by atoms with van der Waals surface area (Å²) in [7, 11) is 0. The van der Waals surface area contributed by atoms with Gasteiger partial charge >= 0.3 is 0 Å². The smallest absolute Gasteiger partial charge is 0.224 e. The molecule has 1 unspecified atom stereocenters. The number of hydrogen-bond acceptors (Lipinski definition) is 4. The molecule has 0 aliphatic rings. The topological polar surface area (TPSA) is 85.8 Å². The van der Waals surface area contributed by atoms with Crippen LogP contribution < -0.4 is 11.1 Å². The Balaban J connectivity index is 2.19. The Hall–Kier alpha value is -1.43. The monoisotopic (exact) mass is 239 g/mol. The normalized spacial score (nSPS) is 12.7. The Morgan fingerprint density at radius 1 is 1.53 bits per heavy atom. The minimum Gasteiger partial charge on any atom is -0.356 e. The molecule has 1 atom stereocenters. The molecule has 6 nitrogen and oxygen atoms in total. The fourth-order valence-electron chi connectivity index (χ4n) is 1.62. The predicted octanol–water partition coefficient (Wildman–Crippen LogP) is 0.0153. The fraction of sp³-hybridized carbons (Fsp3) is 0.727. The van der Waals surface area contributed by atoms with Crippen LogP contribution in [0.4, 0.5) is 0 Å². The summed E-state index contributed by atoms with van der Waals surface area (Å²) in [5, 5.41) is 10.5. The molecule has 3 N–H and O–H groups in total. The van der Waals surface area contributed by atoms with Gasteiger partial charge in [-0.2, -0.15) is 0 Å². The molecule has 6 heteroatoms.